The van der Waals surface area contributed by atoms with Gasteiger partial charge in [-0.2, -0.15) is 0 Å². The van der Waals surface area contributed by atoms with Gasteiger partial charge in [0.1, 0.15) is 16.9 Å². The molecule has 41 heavy (non-hydrogen) atoms. The zero-order valence-electron chi connectivity index (χ0n) is 23.5. The van der Waals surface area contributed by atoms with Crippen molar-refractivity contribution in [3.05, 3.63) is 71.2 Å². The van der Waals surface area contributed by atoms with Crippen LogP contribution in [0.4, 0.5) is 11.4 Å². The van der Waals surface area contributed by atoms with Crippen LogP contribution in [0.1, 0.15) is 75.3 Å². The van der Waals surface area contributed by atoms with E-state index < -0.39 is 30.1 Å². The molecule has 2 amide bonds. The van der Waals surface area contributed by atoms with Crippen LogP contribution < -0.4 is 10.6 Å². The zero-order chi connectivity index (χ0) is 29.2. The fourth-order valence-corrected chi connectivity index (χ4v) is 5.64. The van der Waals surface area contributed by atoms with Crippen LogP contribution in [0.15, 0.2) is 60.0 Å². The summed E-state index contributed by atoms with van der Waals surface area (Å²) in [7, 11) is 0. The van der Waals surface area contributed by atoms with Crippen molar-refractivity contribution in [2.75, 3.05) is 23.8 Å². The third-order valence-electron chi connectivity index (χ3n) is 8.44. The highest BCUT2D eigenvalue weighted by Gasteiger charge is 2.38. The van der Waals surface area contributed by atoms with Gasteiger partial charge in [0, 0.05) is 23.2 Å². The molecule has 8 heteroatoms. The van der Waals surface area contributed by atoms with Gasteiger partial charge in [-0.3, -0.25) is 9.59 Å². The van der Waals surface area contributed by atoms with Crippen LogP contribution in [-0.2, 0) is 9.59 Å². The van der Waals surface area contributed by atoms with Crippen molar-refractivity contribution in [1.29, 1.82) is 0 Å². The minimum absolute atomic E-state index is 0.0186. The molecule has 0 unspecified atom stereocenters. The van der Waals surface area contributed by atoms with Crippen LogP contribution in [0.3, 0.4) is 0 Å². The number of aliphatic hydroxyl groups is 4. The Labute approximate surface area is 241 Å². The normalized spacial score (nSPS) is 17.7. The van der Waals surface area contributed by atoms with Crippen LogP contribution in [0.2, 0.25) is 0 Å². The Morgan fingerprint density at radius 2 is 0.976 bits per heavy atom. The molecule has 0 heterocycles. The molecule has 2 aromatic carbocycles. The van der Waals surface area contributed by atoms with Gasteiger partial charge in [-0.25, -0.2) is 0 Å². The van der Waals surface area contributed by atoms with E-state index in [0.717, 1.165) is 51.4 Å². The number of hydrogen-bond donors (Lipinski definition) is 6. The highest BCUT2D eigenvalue weighted by molar-refractivity contribution is 5.93. The van der Waals surface area contributed by atoms with E-state index in [-0.39, 0.29) is 23.7 Å². The molecule has 6 N–H and O–H groups in total. The number of nitrogens with one attached hydrogen (secondary N) is 2. The van der Waals surface area contributed by atoms with Crippen LogP contribution in [0.25, 0.3) is 12.2 Å². The lowest BCUT2D eigenvalue weighted by Gasteiger charge is -2.28. The Morgan fingerprint density at radius 1 is 0.634 bits per heavy atom. The molecular formula is C33H42N2O6. The van der Waals surface area contributed by atoms with Crippen molar-refractivity contribution >= 4 is 35.3 Å². The van der Waals surface area contributed by atoms with Gasteiger partial charge in [-0.15, -0.1) is 0 Å². The summed E-state index contributed by atoms with van der Waals surface area (Å²) in [4.78, 5) is 25.0. The SMILES string of the molecule is O=C(Nc1ccc(C=C(O)C(CO)(CO)C(O)=Cc2ccc(NC(=O)C3CCCCC3)cc2)cc1)C1CCCCC1. The highest BCUT2D eigenvalue weighted by Crippen LogP contribution is 2.35. The maximum atomic E-state index is 12.5. The molecule has 0 saturated heterocycles. The number of hydrogen-bond acceptors (Lipinski definition) is 6. The van der Waals surface area contributed by atoms with Crippen molar-refractivity contribution in [3.8, 4) is 0 Å². The van der Waals surface area contributed by atoms with Gasteiger partial charge in [0.15, 0.2) is 0 Å². The van der Waals surface area contributed by atoms with Crippen molar-refractivity contribution in [2.45, 2.75) is 64.2 Å². The average molecular weight is 563 g/mol. The number of anilines is 2. The van der Waals surface area contributed by atoms with Gasteiger partial charge in [0.25, 0.3) is 0 Å². The zero-order valence-corrected chi connectivity index (χ0v) is 23.5. The molecule has 0 aromatic heterocycles. The Hall–Kier alpha value is -3.62. The van der Waals surface area contributed by atoms with E-state index in [2.05, 4.69) is 10.6 Å². The molecule has 220 valence electrons. The van der Waals surface area contributed by atoms with Crippen molar-refractivity contribution in [2.24, 2.45) is 17.3 Å². The summed E-state index contributed by atoms with van der Waals surface area (Å²) in [5.41, 5.74) is 0.607. The molecule has 0 spiro atoms. The molecule has 0 aliphatic heterocycles. The summed E-state index contributed by atoms with van der Waals surface area (Å²) < 4.78 is 0. The summed E-state index contributed by atoms with van der Waals surface area (Å²) in [6.07, 6.45) is 13.0. The van der Waals surface area contributed by atoms with Crippen LogP contribution in [0, 0.1) is 17.3 Å². The molecular weight excluding hydrogens is 520 g/mol. The third kappa shape index (κ3) is 7.77. The second-order valence-corrected chi connectivity index (χ2v) is 11.3. The lowest BCUT2D eigenvalue weighted by molar-refractivity contribution is -0.121. The number of rotatable bonds is 10. The summed E-state index contributed by atoms with van der Waals surface area (Å²) in [6.45, 7) is -1.47. The molecule has 8 nitrogen and oxygen atoms in total. The average Bonchev–Trinajstić information content (AvgIpc) is 3.01. The van der Waals surface area contributed by atoms with Crippen LogP contribution >= 0.6 is 0 Å². The second kappa shape index (κ2) is 14.3. The van der Waals surface area contributed by atoms with Crippen LogP contribution in [0.5, 0.6) is 0 Å². The Morgan fingerprint density at radius 3 is 1.29 bits per heavy atom. The van der Waals surface area contributed by atoms with E-state index in [1.807, 2.05) is 0 Å². The topological polar surface area (TPSA) is 139 Å². The Bertz CT molecular complexity index is 1130. The number of carbonyl (C=O) groups is 2. The molecule has 2 aromatic rings. The summed E-state index contributed by atoms with van der Waals surface area (Å²) in [6, 6.07) is 13.7. The van der Waals surface area contributed by atoms with Gasteiger partial charge < -0.3 is 31.1 Å². The minimum Gasteiger partial charge on any atom is -0.511 e. The first kappa shape index (κ1) is 30.3. The smallest absolute Gasteiger partial charge is 0.227 e. The van der Waals surface area contributed by atoms with Crippen molar-refractivity contribution in [1.82, 2.24) is 0 Å². The molecule has 0 radical (unpaired) electrons. The van der Waals surface area contributed by atoms with E-state index in [4.69, 9.17) is 0 Å². The fourth-order valence-electron chi connectivity index (χ4n) is 5.64. The Balaban J connectivity index is 1.43. The standard InChI is InChI=1S/C33H42N2O6/c36-21-33(22-37,29(38)19-23-11-15-27(16-12-23)34-31(40)25-7-3-1-4-8-25)30(39)20-24-13-17-28(18-14-24)35-32(41)26-9-5-2-6-10-26/h11-20,25-26,36-39H,1-10,21-22H2,(H,34,40)(H,35,41). The molecule has 2 fully saturated rings. The molecule has 2 aliphatic carbocycles. The number of amides is 2. The maximum absolute atomic E-state index is 12.5. The minimum atomic E-state index is -1.82. The third-order valence-corrected chi connectivity index (χ3v) is 8.44. The fraction of sp³-hybridized carbons (Fsp3) is 0.455. The van der Waals surface area contributed by atoms with E-state index in [1.54, 1.807) is 48.5 Å². The van der Waals surface area contributed by atoms with E-state index in [0.29, 0.717) is 22.5 Å². The van der Waals surface area contributed by atoms with Gasteiger partial charge in [0.05, 0.1) is 13.2 Å². The predicted molar refractivity (Wildman–Crippen MR) is 161 cm³/mol. The molecule has 2 aliphatic rings. The molecule has 2 saturated carbocycles. The molecule has 4 rings (SSSR count). The monoisotopic (exact) mass is 562 g/mol. The number of aliphatic hydroxyl groups excluding tert-OH is 4. The van der Waals surface area contributed by atoms with Gasteiger partial charge in [-0.1, -0.05) is 62.8 Å². The van der Waals surface area contributed by atoms with Gasteiger partial charge in [-0.05, 0) is 73.2 Å². The largest absolute Gasteiger partial charge is 0.511 e. The van der Waals surface area contributed by atoms with Crippen molar-refractivity contribution in [3.63, 3.8) is 0 Å². The first-order valence-corrected chi connectivity index (χ1v) is 14.7. The summed E-state index contributed by atoms with van der Waals surface area (Å²) in [5, 5.41) is 48.1. The lowest BCUT2D eigenvalue weighted by Crippen LogP contribution is -2.34. The number of benzene rings is 2. The van der Waals surface area contributed by atoms with E-state index in [1.165, 1.54) is 25.0 Å². The molecule has 0 atom stereocenters. The quantitative estimate of drug-likeness (QED) is 0.191. The van der Waals surface area contributed by atoms with Crippen molar-refractivity contribution < 1.29 is 30.0 Å². The summed E-state index contributed by atoms with van der Waals surface area (Å²) in [5.74, 6) is -0.713. The summed E-state index contributed by atoms with van der Waals surface area (Å²) >= 11 is 0. The number of carbonyl (C=O) groups excluding carboxylic acids is 2. The van der Waals surface area contributed by atoms with Gasteiger partial charge >= 0.3 is 0 Å². The Kier molecular flexibility index (Phi) is 10.6. The first-order chi connectivity index (χ1) is 19.8. The second-order valence-electron chi connectivity index (χ2n) is 11.3. The maximum Gasteiger partial charge on any atom is 0.227 e. The highest BCUT2D eigenvalue weighted by atomic mass is 16.3. The van der Waals surface area contributed by atoms with Gasteiger partial charge in [0.2, 0.25) is 11.8 Å². The van der Waals surface area contributed by atoms with E-state index >= 15 is 0 Å². The van der Waals surface area contributed by atoms with Crippen LogP contribution in [-0.4, -0.2) is 45.5 Å². The molecule has 0 bridgehead atoms. The lowest BCUT2D eigenvalue weighted by atomic mass is 9.83. The first-order valence-electron chi connectivity index (χ1n) is 14.7. The van der Waals surface area contributed by atoms with E-state index in [9.17, 15) is 30.0 Å². The predicted octanol–water partition coefficient (Wildman–Crippen LogP) is 6.19.